The van der Waals surface area contributed by atoms with Gasteiger partial charge in [-0.2, -0.15) is 0 Å². The molecule has 0 spiro atoms. The lowest BCUT2D eigenvalue weighted by Gasteiger charge is -2.37. The van der Waals surface area contributed by atoms with Gasteiger partial charge < -0.3 is 49.3 Å². The van der Waals surface area contributed by atoms with Crippen LogP contribution in [0.3, 0.4) is 0 Å². The highest BCUT2D eigenvalue weighted by Crippen LogP contribution is 2.60. The number of aliphatic hydroxyl groups excluding tert-OH is 2. The van der Waals surface area contributed by atoms with E-state index in [1.807, 2.05) is 0 Å². The van der Waals surface area contributed by atoms with Gasteiger partial charge in [-0.25, -0.2) is 14.0 Å². The lowest BCUT2D eigenvalue weighted by molar-refractivity contribution is -0.339. The van der Waals surface area contributed by atoms with E-state index >= 15 is 0 Å². The minimum atomic E-state index is -6.15. The molecule has 1 saturated heterocycles. The first kappa shape index (κ1) is 24.2. The first-order valence-corrected chi connectivity index (χ1v) is 11.4. The van der Waals surface area contributed by atoms with Gasteiger partial charge in [0.05, 0.1) is 14.4 Å². The lowest BCUT2D eigenvalue weighted by atomic mass is 10.1. The number of amides is 1. The van der Waals surface area contributed by atoms with Crippen LogP contribution in [-0.4, -0.2) is 55.8 Å². The maximum atomic E-state index is 11.5. The number of aliphatic hydroxyl groups is 2. The number of hydrogen-bond acceptors (Lipinski definition) is 16. The molecule has 0 bridgehead atoms. The molecule has 21 heteroatoms. The second-order valence-corrected chi connectivity index (χ2v) is 9.51. The Hall–Kier alpha value is -1.10. The van der Waals surface area contributed by atoms with Gasteiger partial charge in [-0.05, 0) is 0 Å². The maximum absolute atomic E-state index is 11.5. The van der Waals surface area contributed by atoms with Crippen molar-refractivity contribution in [2.24, 2.45) is 5.73 Å². The van der Waals surface area contributed by atoms with Crippen LogP contribution < -0.4 is 25.3 Å². The summed E-state index contributed by atoms with van der Waals surface area (Å²) in [5, 5.41) is 23.4. The van der Waals surface area contributed by atoms with Crippen molar-refractivity contribution in [3.8, 4) is 0 Å². The Balaban J connectivity index is 2.01. The average Bonchev–Trinajstić information content (AvgIpc) is 3.09. The van der Waals surface area contributed by atoms with E-state index < -0.39 is 66.3 Å². The molecule has 1 aromatic heterocycles. The summed E-state index contributed by atoms with van der Waals surface area (Å²) in [6, 6.07) is 0. The van der Waals surface area contributed by atoms with Crippen molar-refractivity contribution >= 4 is 29.4 Å². The molecule has 29 heavy (non-hydrogen) atoms. The SMILES string of the molecule is NC(=O)c1ncn([C@@H]2O[C@H](COP(=O)([O-])OP(=O)([O-])OP(=O)([O-])[O-])[C@@H](O)[C@H]2O)n1. The third-order valence-corrected chi connectivity index (χ3v) is 6.79. The monoisotopic (exact) mass is 480 g/mol. The Labute approximate surface area is 160 Å². The number of phosphoric ester groups is 1. The topological polar surface area (TPSA) is 295 Å². The van der Waals surface area contributed by atoms with Gasteiger partial charge in [0.2, 0.25) is 5.82 Å². The Kier molecular flexibility index (Phi) is 7.14. The van der Waals surface area contributed by atoms with E-state index in [4.69, 9.17) is 10.5 Å². The molecular weight excluding hydrogens is 469 g/mol. The third-order valence-electron chi connectivity index (χ3n) is 3.12. The zero-order valence-corrected chi connectivity index (χ0v) is 16.3. The summed E-state index contributed by atoms with van der Waals surface area (Å²) in [5.74, 6) is -1.46. The summed E-state index contributed by atoms with van der Waals surface area (Å²) in [5.41, 5.74) is 4.95. The smallest absolute Gasteiger partial charge is 0.288 e. The van der Waals surface area contributed by atoms with E-state index in [2.05, 4.69) is 23.2 Å². The summed E-state index contributed by atoms with van der Waals surface area (Å²) in [6.45, 7) is -1.13. The fourth-order valence-electron chi connectivity index (χ4n) is 2.04. The number of nitrogens with zero attached hydrogens (tertiary/aromatic N) is 3. The molecule has 166 valence electrons. The van der Waals surface area contributed by atoms with Gasteiger partial charge in [-0.3, -0.25) is 18.2 Å². The Morgan fingerprint density at radius 2 is 1.79 bits per heavy atom. The first-order valence-electron chi connectivity index (χ1n) is 7.04. The molecule has 2 rings (SSSR count). The standard InChI is InChI=1S/C8H15N4O14P3/c9-6(15)7-10-2-12(11-7)8-5(14)4(13)3(24-8)1-23-28(19,20)26-29(21,22)25-27(16,17)18/h2-5,8,13-14H,1H2,(H2,9,15)(H,19,20)(H,21,22)(H2,16,17,18)/p-4/t3-,4-,5-,8-/m1/s1. The van der Waals surface area contributed by atoms with E-state index in [0.717, 1.165) is 11.0 Å². The van der Waals surface area contributed by atoms with Gasteiger partial charge >= 0.3 is 0 Å². The van der Waals surface area contributed by atoms with Crippen LogP contribution in [0.5, 0.6) is 0 Å². The zero-order chi connectivity index (χ0) is 22.2. The van der Waals surface area contributed by atoms with Crippen molar-refractivity contribution in [3.63, 3.8) is 0 Å². The van der Waals surface area contributed by atoms with Gasteiger partial charge in [0.1, 0.15) is 24.6 Å². The van der Waals surface area contributed by atoms with Crippen LogP contribution in [0.2, 0.25) is 0 Å². The number of rotatable bonds is 9. The number of aromatic nitrogens is 3. The van der Waals surface area contributed by atoms with Gasteiger partial charge in [0.25, 0.3) is 21.6 Å². The number of hydrogen-bond donors (Lipinski definition) is 3. The van der Waals surface area contributed by atoms with Gasteiger partial charge in [-0.15, -0.1) is 5.10 Å². The third kappa shape index (κ3) is 6.70. The summed E-state index contributed by atoms with van der Waals surface area (Å²) in [6.07, 6.45) is -5.66. The van der Waals surface area contributed by atoms with E-state index in [1.165, 1.54) is 0 Å². The highest BCUT2D eigenvalue weighted by molar-refractivity contribution is 7.64. The molecule has 1 aromatic rings. The van der Waals surface area contributed by atoms with Crippen molar-refractivity contribution in [1.82, 2.24) is 14.8 Å². The summed E-state index contributed by atoms with van der Waals surface area (Å²) in [4.78, 5) is 57.5. The molecule has 0 aliphatic carbocycles. The van der Waals surface area contributed by atoms with Crippen LogP contribution in [0, 0.1) is 0 Å². The quantitative estimate of drug-likeness (QED) is 0.278. The Morgan fingerprint density at radius 3 is 2.31 bits per heavy atom. The zero-order valence-electron chi connectivity index (χ0n) is 13.6. The van der Waals surface area contributed by atoms with E-state index in [1.54, 1.807) is 0 Å². The lowest BCUT2D eigenvalue weighted by Crippen LogP contribution is -2.34. The minimum Gasteiger partial charge on any atom is -0.790 e. The molecule has 1 aliphatic heterocycles. The molecule has 18 nitrogen and oxygen atoms in total. The van der Waals surface area contributed by atoms with Crippen LogP contribution in [0.25, 0.3) is 0 Å². The second kappa shape index (κ2) is 8.56. The Bertz CT molecular complexity index is 899. The maximum Gasteiger partial charge on any atom is 0.288 e. The van der Waals surface area contributed by atoms with E-state index in [9.17, 15) is 48.3 Å². The molecule has 6 atom stereocenters. The Morgan fingerprint density at radius 1 is 1.17 bits per heavy atom. The van der Waals surface area contributed by atoms with Crippen molar-refractivity contribution in [2.75, 3.05) is 6.61 Å². The van der Waals surface area contributed by atoms with Crippen molar-refractivity contribution in [3.05, 3.63) is 12.2 Å². The van der Waals surface area contributed by atoms with Gasteiger partial charge in [0.15, 0.2) is 6.23 Å². The number of phosphoric acid groups is 3. The molecule has 1 aliphatic rings. The van der Waals surface area contributed by atoms with Crippen molar-refractivity contribution in [1.29, 1.82) is 0 Å². The number of carbonyl (C=O) groups excluding carboxylic acids is 1. The number of nitrogens with two attached hydrogens (primary N) is 1. The molecule has 0 saturated carbocycles. The summed E-state index contributed by atoms with van der Waals surface area (Å²) < 4.78 is 49.1. The van der Waals surface area contributed by atoms with E-state index in [-0.39, 0.29) is 0 Å². The fourth-order valence-corrected chi connectivity index (χ4v) is 4.91. The molecule has 0 aromatic carbocycles. The average molecular weight is 480 g/mol. The predicted molar refractivity (Wildman–Crippen MR) is 75.4 cm³/mol. The summed E-state index contributed by atoms with van der Waals surface area (Å²) in [7, 11) is -18.1. The highest BCUT2D eigenvalue weighted by atomic mass is 31.3. The largest absolute Gasteiger partial charge is 0.790 e. The molecule has 2 heterocycles. The van der Waals surface area contributed by atoms with Crippen LogP contribution in [0.15, 0.2) is 6.33 Å². The van der Waals surface area contributed by atoms with E-state index in [0.29, 0.717) is 0 Å². The summed E-state index contributed by atoms with van der Waals surface area (Å²) >= 11 is 0. The van der Waals surface area contributed by atoms with Gasteiger partial charge in [-0.1, -0.05) is 0 Å². The highest BCUT2D eigenvalue weighted by Gasteiger charge is 2.45. The normalized spacial score (nSPS) is 29.3. The molecule has 0 radical (unpaired) electrons. The van der Waals surface area contributed by atoms with Crippen LogP contribution in [0.4, 0.5) is 0 Å². The number of ether oxygens (including phenoxy) is 1. The van der Waals surface area contributed by atoms with Gasteiger partial charge in [0, 0.05) is 0 Å². The number of primary amides is 1. The van der Waals surface area contributed by atoms with Crippen molar-refractivity contribution in [2.45, 2.75) is 24.5 Å². The second-order valence-electron chi connectivity index (χ2n) is 5.26. The van der Waals surface area contributed by atoms with Crippen LogP contribution >= 0.6 is 23.5 Å². The molecule has 2 unspecified atom stereocenters. The molecule has 1 amide bonds. The number of carbonyl (C=O) groups is 1. The van der Waals surface area contributed by atoms with Crippen molar-refractivity contribution < 1.29 is 66.2 Å². The first-order chi connectivity index (χ1) is 13.1. The fraction of sp³-hybridized carbons (Fsp3) is 0.625. The van der Waals surface area contributed by atoms with Crippen LogP contribution in [0.1, 0.15) is 16.8 Å². The molecule has 1 fully saturated rings. The molecule has 4 N–H and O–H groups in total. The van der Waals surface area contributed by atoms with Crippen LogP contribution in [-0.2, 0) is 31.6 Å². The predicted octanol–water partition coefficient (Wildman–Crippen LogP) is -5.19. The minimum absolute atomic E-state index is 0.451. The molecular formula is C8H11N4O14P3-4.